The maximum Gasteiger partial charge on any atom is 0.251 e. The topological polar surface area (TPSA) is 64.2 Å². The van der Waals surface area contributed by atoms with Crippen molar-refractivity contribution >= 4 is 11.6 Å². The third-order valence-corrected chi connectivity index (χ3v) is 3.33. The van der Waals surface area contributed by atoms with Crippen LogP contribution in [0.15, 0.2) is 49.2 Å². The normalized spacial score (nSPS) is 12.4. The van der Waals surface area contributed by atoms with E-state index in [-0.39, 0.29) is 5.91 Å². The summed E-state index contributed by atoms with van der Waals surface area (Å²) in [6.45, 7) is 3.48. The van der Waals surface area contributed by atoms with E-state index in [2.05, 4.69) is 22.3 Å². The van der Waals surface area contributed by atoms with Gasteiger partial charge in [-0.05, 0) is 24.1 Å². The quantitative estimate of drug-likeness (QED) is 0.773. The van der Waals surface area contributed by atoms with Crippen LogP contribution in [-0.4, -0.2) is 31.6 Å². The molecule has 0 bridgehead atoms. The van der Waals surface area contributed by atoms with Crippen LogP contribution in [0.3, 0.4) is 0 Å². The average Bonchev–Trinajstić information content (AvgIpc) is 3.14. The largest absolute Gasteiger partial charge is 0.352 e. The average molecular weight is 283 g/mol. The second kappa shape index (κ2) is 5.78. The minimum atomic E-state index is -0.0761. The molecule has 3 aromatic rings. The van der Waals surface area contributed by atoms with Gasteiger partial charge >= 0.3 is 0 Å². The number of rotatable bonds is 5. The lowest BCUT2D eigenvalue weighted by atomic mass is 10.1. The molecule has 1 atom stereocenters. The van der Waals surface area contributed by atoms with Crippen molar-refractivity contribution in [2.75, 3.05) is 6.54 Å². The molecule has 21 heavy (non-hydrogen) atoms. The first-order valence-corrected chi connectivity index (χ1v) is 6.91. The number of carbonyl (C=O) groups excluding carboxylic acids is 1. The van der Waals surface area contributed by atoms with Crippen LogP contribution in [0.4, 0.5) is 0 Å². The first-order chi connectivity index (χ1) is 10.2. The number of carbonyl (C=O) groups is 1. The molecule has 0 spiro atoms. The van der Waals surface area contributed by atoms with Crippen LogP contribution in [0.5, 0.6) is 0 Å². The Morgan fingerprint density at radius 1 is 1.33 bits per heavy atom. The van der Waals surface area contributed by atoms with Gasteiger partial charge in [-0.2, -0.15) is 5.10 Å². The van der Waals surface area contributed by atoms with Crippen LogP contribution in [0.25, 0.3) is 5.65 Å². The van der Waals surface area contributed by atoms with Gasteiger partial charge in [0.05, 0.1) is 0 Å². The zero-order chi connectivity index (χ0) is 14.7. The fourth-order valence-corrected chi connectivity index (χ4v) is 2.21. The molecule has 0 fully saturated rings. The molecular formula is C15H17N5O. The Morgan fingerprint density at radius 3 is 3.05 bits per heavy atom. The summed E-state index contributed by atoms with van der Waals surface area (Å²) in [6.07, 6.45) is 9.08. The van der Waals surface area contributed by atoms with E-state index in [0.29, 0.717) is 18.0 Å². The molecule has 0 saturated carbocycles. The zero-order valence-corrected chi connectivity index (χ0v) is 11.8. The number of nitrogens with one attached hydrogen (secondary N) is 1. The number of amides is 1. The lowest BCUT2D eigenvalue weighted by Crippen LogP contribution is -2.30. The number of hydrogen-bond donors (Lipinski definition) is 1. The lowest BCUT2D eigenvalue weighted by molar-refractivity contribution is 0.0946. The molecule has 3 aromatic heterocycles. The van der Waals surface area contributed by atoms with Crippen molar-refractivity contribution in [3.05, 3.63) is 54.7 Å². The fraction of sp³-hybridized carbons (Fsp3) is 0.267. The van der Waals surface area contributed by atoms with Gasteiger partial charge in [-0.3, -0.25) is 9.48 Å². The van der Waals surface area contributed by atoms with Crippen molar-refractivity contribution in [1.82, 2.24) is 24.5 Å². The van der Waals surface area contributed by atoms with Gasteiger partial charge in [0.1, 0.15) is 5.65 Å². The third kappa shape index (κ3) is 3.10. The molecule has 1 unspecified atom stereocenters. The molecule has 0 aliphatic heterocycles. The van der Waals surface area contributed by atoms with Crippen LogP contribution < -0.4 is 5.32 Å². The Balaban J connectivity index is 1.58. The number of pyridine rings is 1. The number of fused-ring (bicyclic) bond motifs is 1. The van der Waals surface area contributed by atoms with Crippen molar-refractivity contribution in [1.29, 1.82) is 0 Å². The summed E-state index contributed by atoms with van der Waals surface area (Å²) in [5, 5.41) is 7.11. The highest BCUT2D eigenvalue weighted by molar-refractivity contribution is 5.94. The summed E-state index contributed by atoms with van der Waals surface area (Å²) in [6, 6.07) is 5.47. The van der Waals surface area contributed by atoms with E-state index >= 15 is 0 Å². The summed E-state index contributed by atoms with van der Waals surface area (Å²) in [5.41, 5.74) is 1.40. The highest BCUT2D eigenvalue weighted by atomic mass is 16.1. The fourth-order valence-electron chi connectivity index (χ4n) is 2.21. The van der Waals surface area contributed by atoms with Gasteiger partial charge in [0.2, 0.25) is 0 Å². The predicted molar refractivity (Wildman–Crippen MR) is 78.9 cm³/mol. The van der Waals surface area contributed by atoms with Crippen LogP contribution in [-0.2, 0) is 6.54 Å². The van der Waals surface area contributed by atoms with Crippen molar-refractivity contribution in [3.63, 3.8) is 0 Å². The van der Waals surface area contributed by atoms with E-state index in [1.807, 2.05) is 33.7 Å². The van der Waals surface area contributed by atoms with Crippen molar-refractivity contribution < 1.29 is 4.79 Å². The molecular weight excluding hydrogens is 266 g/mol. The van der Waals surface area contributed by atoms with Crippen LogP contribution in [0.1, 0.15) is 17.3 Å². The Hall–Kier alpha value is -2.63. The predicted octanol–water partition coefficient (Wildman–Crippen LogP) is 1.60. The van der Waals surface area contributed by atoms with Crippen LogP contribution >= 0.6 is 0 Å². The van der Waals surface area contributed by atoms with Crippen molar-refractivity contribution in [2.24, 2.45) is 5.92 Å². The first kappa shape index (κ1) is 13.4. The molecule has 1 N–H and O–H groups in total. The third-order valence-electron chi connectivity index (χ3n) is 3.33. The summed E-state index contributed by atoms with van der Waals surface area (Å²) in [4.78, 5) is 16.3. The minimum Gasteiger partial charge on any atom is -0.352 e. The Morgan fingerprint density at radius 2 is 2.24 bits per heavy atom. The smallest absolute Gasteiger partial charge is 0.251 e. The Bertz CT molecular complexity index is 731. The number of nitrogens with zero attached hydrogens (tertiary/aromatic N) is 4. The Labute approximate surface area is 122 Å². The minimum absolute atomic E-state index is 0.0761. The molecule has 6 heteroatoms. The van der Waals surface area contributed by atoms with Gasteiger partial charge in [-0.15, -0.1) is 0 Å². The maximum absolute atomic E-state index is 12.1. The maximum atomic E-state index is 12.1. The van der Waals surface area contributed by atoms with Gasteiger partial charge in [-0.25, -0.2) is 4.98 Å². The van der Waals surface area contributed by atoms with E-state index < -0.39 is 0 Å². The monoisotopic (exact) mass is 283 g/mol. The Kier molecular flexibility index (Phi) is 3.68. The molecule has 6 nitrogen and oxygen atoms in total. The molecule has 0 saturated heterocycles. The molecule has 0 aromatic carbocycles. The summed E-state index contributed by atoms with van der Waals surface area (Å²) < 4.78 is 3.74. The molecule has 0 aliphatic rings. The van der Waals surface area contributed by atoms with Gasteiger partial charge in [-0.1, -0.05) is 6.92 Å². The molecule has 108 valence electrons. The van der Waals surface area contributed by atoms with Crippen LogP contribution in [0.2, 0.25) is 0 Å². The van der Waals surface area contributed by atoms with Gasteiger partial charge < -0.3 is 9.72 Å². The standard InChI is InChI=1S/C15H17N5O/c1-12(11-20-6-2-4-18-20)10-17-15(21)13-3-7-19-8-5-16-14(19)9-13/h2-9,12H,10-11H2,1H3,(H,17,21). The SMILES string of the molecule is CC(CNC(=O)c1ccn2ccnc2c1)Cn1cccn1. The zero-order valence-electron chi connectivity index (χ0n) is 11.8. The van der Waals surface area contributed by atoms with Gasteiger partial charge in [0.15, 0.2) is 0 Å². The first-order valence-electron chi connectivity index (χ1n) is 6.91. The highest BCUT2D eigenvalue weighted by Gasteiger charge is 2.09. The van der Waals surface area contributed by atoms with Gasteiger partial charge in [0.25, 0.3) is 5.91 Å². The molecule has 3 heterocycles. The number of imidazole rings is 1. The van der Waals surface area contributed by atoms with E-state index in [9.17, 15) is 4.79 Å². The van der Waals surface area contributed by atoms with E-state index in [4.69, 9.17) is 0 Å². The highest BCUT2D eigenvalue weighted by Crippen LogP contribution is 2.06. The van der Waals surface area contributed by atoms with E-state index in [0.717, 1.165) is 12.2 Å². The lowest BCUT2D eigenvalue weighted by Gasteiger charge is -2.12. The van der Waals surface area contributed by atoms with Crippen LogP contribution in [0, 0.1) is 5.92 Å². The molecule has 0 aliphatic carbocycles. The summed E-state index contributed by atoms with van der Waals surface area (Å²) in [5.74, 6) is 0.233. The summed E-state index contributed by atoms with van der Waals surface area (Å²) in [7, 11) is 0. The number of hydrogen-bond acceptors (Lipinski definition) is 3. The second-order valence-electron chi connectivity index (χ2n) is 5.15. The van der Waals surface area contributed by atoms with Gasteiger partial charge in [0, 0.05) is 49.6 Å². The second-order valence-corrected chi connectivity index (χ2v) is 5.15. The number of aromatic nitrogens is 4. The molecule has 1 amide bonds. The summed E-state index contributed by atoms with van der Waals surface area (Å²) >= 11 is 0. The van der Waals surface area contributed by atoms with Crippen molar-refractivity contribution in [3.8, 4) is 0 Å². The molecule has 3 rings (SSSR count). The van der Waals surface area contributed by atoms with Crippen molar-refractivity contribution in [2.45, 2.75) is 13.5 Å². The van der Waals surface area contributed by atoms with E-state index in [1.54, 1.807) is 24.5 Å². The van der Waals surface area contributed by atoms with E-state index in [1.165, 1.54) is 0 Å². The molecule has 0 radical (unpaired) electrons.